The maximum Gasteiger partial charge on any atom is 0.225 e. The first kappa shape index (κ1) is 15.7. The van der Waals surface area contributed by atoms with E-state index in [-0.39, 0.29) is 24.4 Å². The van der Waals surface area contributed by atoms with Crippen molar-refractivity contribution in [2.45, 2.75) is 45.6 Å². The third kappa shape index (κ3) is 4.71. The van der Waals surface area contributed by atoms with Crippen LogP contribution in [-0.2, 0) is 4.79 Å². The molecule has 1 rings (SSSR count). The van der Waals surface area contributed by atoms with E-state index >= 15 is 0 Å². The van der Waals surface area contributed by atoms with Crippen LogP contribution in [0, 0.1) is 11.8 Å². The SMILES string of the molecule is CC(C)CN(C)C(=O)C1CCCC(N)C1.Cl. The van der Waals surface area contributed by atoms with E-state index in [2.05, 4.69) is 13.8 Å². The Morgan fingerprint density at radius 2 is 2.06 bits per heavy atom. The van der Waals surface area contributed by atoms with Crippen LogP contribution in [0.5, 0.6) is 0 Å². The Balaban J connectivity index is 0.00000225. The highest BCUT2D eigenvalue weighted by molar-refractivity contribution is 5.85. The molecule has 0 aromatic carbocycles. The number of halogens is 1. The molecule has 2 unspecified atom stereocenters. The molecule has 0 saturated heterocycles. The van der Waals surface area contributed by atoms with Gasteiger partial charge in [0, 0.05) is 25.6 Å². The summed E-state index contributed by atoms with van der Waals surface area (Å²) in [6.07, 6.45) is 4.08. The van der Waals surface area contributed by atoms with E-state index in [1.807, 2.05) is 11.9 Å². The Morgan fingerprint density at radius 1 is 1.44 bits per heavy atom. The summed E-state index contributed by atoms with van der Waals surface area (Å²) in [6, 6.07) is 0.236. The van der Waals surface area contributed by atoms with Crippen LogP contribution in [0.15, 0.2) is 0 Å². The molecule has 0 aliphatic heterocycles. The maximum absolute atomic E-state index is 12.0. The van der Waals surface area contributed by atoms with E-state index in [0.29, 0.717) is 11.8 Å². The molecule has 4 heteroatoms. The monoisotopic (exact) mass is 248 g/mol. The van der Waals surface area contributed by atoms with Crippen LogP contribution >= 0.6 is 12.4 Å². The third-order valence-electron chi connectivity index (χ3n) is 3.08. The van der Waals surface area contributed by atoms with Crippen LogP contribution in [0.3, 0.4) is 0 Å². The zero-order chi connectivity index (χ0) is 11.4. The summed E-state index contributed by atoms with van der Waals surface area (Å²) in [5.41, 5.74) is 5.89. The van der Waals surface area contributed by atoms with Crippen molar-refractivity contribution in [3.63, 3.8) is 0 Å². The Bertz CT molecular complexity index is 221. The van der Waals surface area contributed by atoms with Crippen LogP contribution in [-0.4, -0.2) is 30.4 Å². The Kier molecular flexibility index (Phi) is 7.00. The van der Waals surface area contributed by atoms with Crippen molar-refractivity contribution < 1.29 is 4.79 Å². The minimum absolute atomic E-state index is 0. The molecule has 1 amide bonds. The summed E-state index contributed by atoms with van der Waals surface area (Å²) >= 11 is 0. The third-order valence-corrected chi connectivity index (χ3v) is 3.08. The number of hydrogen-bond donors (Lipinski definition) is 1. The standard InChI is InChI=1S/C12H24N2O.ClH/c1-9(2)8-14(3)12(15)10-5-4-6-11(13)7-10;/h9-11H,4-8,13H2,1-3H3;1H. The molecule has 0 aromatic rings. The predicted molar refractivity (Wildman–Crippen MR) is 69.7 cm³/mol. The lowest BCUT2D eigenvalue weighted by atomic mass is 9.85. The highest BCUT2D eigenvalue weighted by atomic mass is 35.5. The van der Waals surface area contributed by atoms with Gasteiger partial charge in [0.2, 0.25) is 5.91 Å². The van der Waals surface area contributed by atoms with Crippen LogP contribution in [0.2, 0.25) is 0 Å². The highest BCUT2D eigenvalue weighted by Gasteiger charge is 2.27. The normalized spacial score (nSPS) is 25.1. The van der Waals surface area contributed by atoms with Gasteiger partial charge in [-0.25, -0.2) is 0 Å². The zero-order valence-electron chi connectivity index (χ0n) is 10.6. The van der Waals surface area contributed by atoms with Gasteiger partial charge in [0.25, 0.3) is 0 Å². The number of carbonyl (C=O) groups excluding carboxylic acids is 1. The molecule has 16 heavy (non-hydrogen) atoms. The molecule has 0 heterocycles. The van der Waals surface area contributed by atoms with Crippen LogP contribution in [0.25, 0.3) is 0 Å². The van der Waals surface area contributed by atoms with E-state index in [0.717, 1.165) is 32.2 Å². The predicted octanol–water partition coefficient (Wildman–Crippen LogP) is 2.04. The molecule has 0 spiro atoms. The van der Waals surface area contributed by atoms with Gasteiger partial charge in [0.1, 0.15) is 0 Å². The quantitative estimate of drug-likeness (QED) is 0.831. The molecule has 1 fully saturated rings. The molecule has 1 aliphatic carbocycles. The molecule has 0 radical (unpaired) electrons. The van der Waals surface area contributed by atoms with Gasteiger partial charge in [-0.05, 0) is 25.2 Å². The molecule has 1 aliphatic rings. The molecule has 0 aromatic heterocycles. The van der Waals surface area contributed by atoms with Gasteiger partial charge in [-0.3, -0.25) is 4.79 Å². The van der Waals surface area contributed by atoms with E-state index in [9.17, 15) is 4.79 Å². The summed E-state index contributed by atoms with van der Waals surface area (Å²) in [5, 5.41) is 0. The topological polar surface area (TPSA) is 46.3 Å². The zero-order valence-corrected chi connectivity index (χ0v) is 11.4. The molecular weight excluding hydrogens is 224 g/mol. The Hall–Kier alpha value is -0.280. The lowest BCUT2D eigenvalue weighted by Crippen LogP contribution is -2.40. The average molecular weight is 249 g/mol. The summed E-state index contributed by atoms with van der Waals surface area (Å²) in [7, 11) is 1.91. The average Bonchev–Trinajstić information content (AvgIpc) is 2.15. The van der Waals surface area contributed by atoms with E-state index in [1.54, 1.807) is 0 Å². The van der Waals surface area contributed by atoms with Crippen molar-refractivity contribution in [2.75, 3.05) is 13.6 Å². The highest BCUT2D eigenvalue weighted by Crippen LogP contribution is 2.24. The lowest BCUT2D eigenvalue weighted by molar-refractivity contribution is -0.135. The smallest absolute Gasteiger partial charge is 0.225 e. The van der Waals surface area contributed by atoms with Crippen molar-refractivity contribution in [2.24, 2.45) is 17.6 Å². The fourth-order valence-corrected chi connectivity index (χ4v) is 2.40. The fraction of sp³-hybridized carbons (Fsp3) is 0.917. The van der Waals surface area contributed by atoms with Crippen molar-refractivity contribution in [1.29, 1.82) is 0 Å². The summed E-state index contributed by atoms with van der Waals surface area (Å²) < 4.78 is 0. The summed E-state index contributed by atoms with van der Waals surface area (Å²) in [5.74, 6) is 1.01. The van der Waals surface area contributed by atoms with Crippen LogP contribution in [0.4, 0.5) is 0 Å². The first-order valence-corrected chi connectivity index (χ1v) is 6.01. The molecule has 1 saturated carbocycles. The van der Waals surface area contributed by atoms with E-state index < -0.39 is 0 Å². The Labute approximate surface area is 105 Å². The van der Waals surface area contributed by atoms with E-state index in [4.69, 9.17) is 5.73 Å². The van der Waals surface area contributed by atoms with Crippen molar-refractivity contribution in [3.8, 4) is 0 Å². The lowest BCUT2D eigenvalue weighted by Gasteiger charge is -2.30. The molecular formula is C12H25ClN2O. The second kappa shape index (κ2) is 7.13. The van der Waals surface area contributed by atoms with Gasteiger partial charge >= 0.3 is 0 Å². The number of amides is 1. The first-order valence-electron chi connectivity index (χ1n) is 6.01. The number of hydrogen-bond acceptors (Lipinski definition) is 2. The Morgan fingerprint density at radius 3 is 2.56 bits per heavy atom. The number of nitrogens with zero attached hydrogens (tertiary/aromatic N) is 1. The first-order chi connectivity index (χ1) is 7.00. The van der Waals surface area contributed by atoms with Gasteiger partial charge in [0.15, 0.2) is 0 Å². The molecule has 3 nitrogen and oxygen atoms in total. The fourth-order valence-electron chi connectivity index (χ4n) is 2.40. The van der Waals surface area contributed by atoms with Gasteiger partial charge in [0.05, 0.1) is 0 Å². The molecule has 2 atom stereocenters. The van der Waals surface area contributed by atoms with Crippen molar-refractivity contribution in [1.82, 2.24) is 4.90 Å². The summed E-state index contributed by atoms with van der Waals surface area (Å²) in [4.78, 5) is 13.9. The summed E-state index contributed by atoms with van der Waals surface area (Å²) in [6.45, 7) is 5.12. The number of carbonyl (C=O) groups is 1. The largest absolute Gasteiger partial charge is 0.345 e. The van der Waals surface area contributed by atoms with Gasteiger partial charge in [-0.2, -0.15) is 0 Å². The minimum Gasteiger partial charge on any atom is -0.345 e. The second-order valence-electron chi connectivity index (χ2n) is 5.24. The molecule has 2 N–H and O–H groups in total. The van der Waals surface area contributed by atoms with Gasteiger partial charge in [-0.15, -0.1) is 12.4 Å². The maximum atomic E-state index is 12.0. The number of rotatable bonds is 3. The molecule has 96 valence electrons. The van der Waals surface area contributed by atoms with Gasteiger partial charge < -0.3 is 10.6 Å². The number of nitrogens with two attached hydrogens (primary N) is 1. The minimum atomic E-state index is 0. The van der Waals surface area contributed by atoms with Gasteiger partial charge in [-0.1, -0.05) is 20.3 Å². The van der Waals surface area contributed by atoms with Crippen LogP contribution < -0.4 is 5.73 Å². The molecule has 0 bridgehead atoms. The van der Waals surface area contributed by atoms with Crippen LogP contribution in [0.1, 0.15) is 39.5 Å². The van der Waals surface area contributed by atoms with Crippen molar-refractivity contribution >= 4 is 18.3 Å². The van der Waals surface area contributed by atoms with Crippen molar-refractivity contribution in [3.05, 3.63) is 0 Å². The second-order valence-corrected chi connectivity index (χ2v) is 5.24. The van der Waals surface area contributed by atoms with E-state index in [1.165, 1.54) is 0 Å².